The predicted molar refractivity (Wildman–Crippen MR) is 97.4 cm³/mol. The molecule has 1 aromatic rings. The molecule has 1 amide bonds. The van der Waals surface area contributed by atoms with E-state index in [1.165, 1.54) is 0 Å². The number of aromatic nitrogens is 1. The summed E-state index contributed by atoms with van der Waals surface area (Å²) in [5.74, 6) is -0.192. The van der Waals surface area contributed by atoms with Gasteiger partial charge in [0.2, 0.25) is 5.91 Å². The molecular weight excluding hydrogens is 334 g/mol. The summed E-state index contributed by atoms with van der Waals surface area (Å²) in [6.45, 7) is 3.66. The number of piperidine rings is 2. The molecule has 1 atom stereocenters. The van der Waals surface area contributed by atoms with E-state index in [2.05, 4.69) is 9.88 Å². The molecular formula is C19H27N3O4. The fraction of sp³-hybridized carbons (Fsp3) is 0.632. The van der Waals surface area contributed by atoms with Crippen molar-refractivity contribution in [2.75, 3.05) is 44.8 Å². The Morgan fingerprint density at radius 2 is 2.23 bits per heavy atom. The van der Waals surface area contributed by atoms with Crippen molar-refractivity contribution in [2.45, 2.75) is 32.1 Å². The molecule has 2 aliphatic heterocycles. The summed E-state index contributed by atoms with van der Waals surface area (Å²) in [5.41, 5.74) is 0.264. The van der Waals surface area contributed by atoms with Gasteiger partial charge in [0, 0.05) is 57.9 Å². The first kappa shape index (κ1) is 18.6. The number of carbonyl (C=O) groups is 2. The highest BCUT2D eigenvalue weighted by atomic mass is 16.5. The third-order valence-corrected chi connectivity index (χ3v) is 5.50. The molecule has 2 aliphatic rings. The molecule has 0 saturated carbocycles. The molecule has 1 aromatic heterocycles. The zero-order chi connectivity index (χ0) is 18.6. The van der Waals surface area contributed by atoms with Gasteiger partial charge in [-0.15, -0.1) is 0 Å². The Bertz CT molecular complexity index is 666. The number of likely N-dealkylation sites (tertiary alicyclic amines) is 1. The summed E-state index contributed by atoms with van der Waals surface area (Å²) >= 11 is 0. The Balaban J connectivity index is 1.75. The zero-order valence-electron chi connectivity index (χ0n) is 15.3. The average Bonchev–Trinajstić information content (AvgIpc) is 2.65. The number of carbonyl (C=O) groups excluding carboxylic acids is 1. The van der Waals surface area contributed by atoms with Gasteiger partial charge >= 0.3 is 5.97 Å². The fourth-order valence-electron chi connectivity index (χ4n) is 4.24. The van der Waals surface area contributed by atoms with Gasteiger partial charge in [-0.2, -0.15) is 0 Å². The minimum atomic E-state index is -0.951. The van der Waals surface area contributed by atoms with Crippen molar-refractivity contribution in [1.82, 2.24) is 9.88 Å². The minimum absolute atomic E-state index is 0.0204. The number of hydrogen-bond acceptors (Lipinski definition) is 5. The number of aromatic carboxylic acids is 1. The number of rotatable bonds is 6. The Morgan fingerprint density at radius 1 is 1.38 bits per heavy atom. The number of hydrogen-bond donors (Lipinski definition) is 1. The molecule has 7 nitrogen and oxygen atoms in total. The number of carboxylic acids is 1. The van der Waals surface area contributed by atoms with E-state index >= 15 is 0 Å². The summed E-state index contributed by atoms with van der Waals surface area (Å²) in [4.78, 5) is 32.2. The molecule has 0 aliphatic carbocycles. The first-order valence-electron chi connectivity index (χ1n) is 9.25. The Labute approximate surface area is 153 Å². The van der Waals surface area contributed by atoms with E-state index in [-0.39, 0.29) is 16.9 Å². The van der Waals surface area contributed by atoms with Crippen molar-refractivity contribution >= 4 is 17.7 Å². The van der Waals surface area contributed by atoms with Crippen molar-refractivity contribution in [3.63, 3.8) is 0 Å². The predicted octanol–water partition coefficient (Wildman–Crippen LogP) is 2.03. The van der Waals surface area contributed by atoms with Crippen molar-refractivity contribution in [3.05, 3.63) is 23.9 Å². The van der Waals surface area contributed by atoms with Crippen molar-refractivity contribution in [2.24, 2.45) is 5.41 Å². The molecule has 1 N–H and O–H groups in total. The molecule has 2 fully saturated rings. The maximum atomic E-state index is 12.3. The number of ether oxygens (including phenoxy) is 1. The Hall–Kier alpha value is -2.15. The van der Waals surface area contributed by atoms with Gasteiger partial charge in [-0.05, 0) is 37.8 Å². The lowest BCUT2D eigenvalue weighted by Crippen LogP contribution is -2.54. The van der Waals surface area contributed by atoms with E-state index in [1.807, 2.05) is 4.90 Å². The number of anilines is 1. The van der Waals surface area contributed by atoms with E-state index < -0.39 is 5.97 Å². The van der Waals surface area contributed by atoms with E-state index in [4.69, 9.17) is 4.74 Å². The second-order valence-corrected chi connectivity index (χ2v) is 7.37. The van der Waals surface area contributed by atoms with Gasteiger partial charge in [-0.1, -0.05) is 0 Å². The van der Waals surface area contributed by atoms with E-state index in [9.17, 15) is 14.7 Å². The molecule has 1 spiro atoms. The molecule has 2 saturated heterocycles. The average molecular weight is 361 g/mol. The zero-order valence-corrected chi connectivity index (χ0v) is 15.3. The lowest BCUT2D eigenvalue weighted by atomic mass is 9.73. The van der Waals surface area contributed by atoms with Gasteiger partial charge in [0.1, 0.15) is 11.4 Å². The molecule has 7 heteroatoms. The van der Waals surface area contributed by atoms with Crippen molar-refractivity contribution in [1.29, 1.82) is 0 Å². The van der Waals surface area contributed by atoms with Crippen LogP contribution in [0.25, 0.3) is 0 Å². The molecule has 142 valence electrons. The number of amides is 1. The second-order valence-electron chi connectivity index (χ2n) is 7.37. The van der Waals surface area contributed by atoms with Crippen LogP contribution in [0, 0.1) is 5.41 Å². The largest absolute Gasteiger partial charge is 0.478 e. The third-order valence-electron chi connectivity index (χ3n) is 5.50. The molecule has 0 aromatic carbocycles. The highest BCUT2D eigenvalue weighted by molar-refractivity contribution is 5.93. The summed E-state index contributed by atoms with van der Waals surface area (Å²) in [6.07, 6.45) is 5.95. The van der Waals surface area contributed by atoms with Crippen LogP contribution in [0.1, 0.15) is 42.5 Å². The number of carboxylic acid groups (broad SMARTS) is 1. The first-order chi connectivity index (χ1) is 12.5. The maximum Gasteiger partial charge on any atom is 0.339 e. The Kier molecular flexibility index (Phi) is 5.76. The first-order valence-corrected chi connectivity index (χ1v) is 9.25. The lowest BCUT2D eigenvalue weighted by molar-refractivity contribution is -0.138. The minimum Gasteiger partial charge on any atom is -0.478 e. The van der Waals surface area contributed by atoms with Crippen molar-refractivity contribution < 1.29 is 19.4 Å². The van der Waals surface area contributed by atoms with Gasteiger partial charge in [0.25, 0.3) is 0 Å². The molecule has 0 radical (unpaired) electrons. The number of nitrogens with zero attached hydrogens (tertiary/aromatic N) is 3. The molecule has 26 heavy (non-hydrogen) atoms. The normalized spacial score (nSPS) is 23.5. The molecule has 0 bridgehead atoms. The highest BCUT2D eigenvalue weighted by Gasteiger charge is 2.42. The molecule has 0 unspecified atom stereocenters. The van der Waals surface area contributed by atoms with Gasteiger partial charge in [0.05, 0.1) is 0 Å². The van der Waals surface area contributed by atoms with Crippen LogP contribution < -0.4 is 4.90 Å². The second kappa shape index (κ2) is 8.03. The highest BCUT2D eigenvalue weighted by Crippen LogP contribution is 2.40. The summed E-state index contributed by atoms with van der Waals surface area (Å²) in [7, 11) is 1.67. The summed E-state index contributed by atoms with van der Waals surface area (Å²) in [6, 6.07) is 3.26. The summed E-state index contributed by atoms with van der Waals surface area (Å²) in [5, 5.41) is 9.46. The van der Waals surface area contributed by atoms with E-state index in [0.29, 0.717) is 18.8 Å². The van der Waals surface area contributed by atoms with Crippen LogP contribution in [0.2, 0.25) is 0 Å². The molecule has 3 heterocycles. The van der Waals surface area contributed by atoms with Crippen LogP contribution in [-0.2, 0) is 9.53 Å². The molecule has 3 rings (SSSR count). The fourth-order valence-corrected chi connectivity index (χ4v) is 4.24. The van der Waals surface area contributed by atoms with E-state index in [1.54, 1.807) is 25.4 Å². The van der Waals surface area contributed by atoms with Gasteiger partial charge < -0.3 is 19.6 Å². The quantitative estimate of drug-likeness (QED) is 0.781. The smallest absolute Gasteiger partial charge is 0.339 e. The monoisotopic (exact) mass is 361 g/mol. The van der Waals surface area contributed by atoms with Crippen LogP contribution in [0.4, 0.5) is 5.82 Å². The van der Waals surface area contributed by atoms with Crippen LogP contribution >= 0.6 is 0 Å². The van der Waals surface area contributed by atoms with Crippen LogP contribution in [-0.4, -0.2) is 66.8 Å². The van der Waals surface area contributed by atoms with E-state index in [0.717, 1.165) is 51.9 Å². The number of pyridine rings is 1. The topological polar surface area (TPSA) is 83.0 Å². The van der Waals surface area contributed by atoms with Crippen molar-refractivity contribution in [3.8, 4) is 0 Å². The van der Waals surface area contributed by atoms with Gasteiger partial charge in [-0.25, -0.2) is 9.78 Å². The SMILES string of the molecule is COCCCN1C[C@]2(CCCN(c3ncccc3C(=O)O)C2)CCC1=O. The summed E-state index contributed by atoms with van der Waals surface area (Å²) < 4.78 is 5.11. The van der Waals surface area contributed by atoms with Crippen LogP contribution in [0.3, 0.4) is 0 Å². The van der Waals surface area contributed by atoms with Gasteiger partial charge in [0.15, 0.2) is 0 Å². The third kappa shape index (κ3) is 3.98. The van der Waals surface area contributed by atoms with Gasteiger partial charge in [-0.3, -0.25) is 4.79 Å². The van der Waals surface area contributed by atoms with Crippen LogP contribution in [0.15, 0.2) is 18.3 Å². The maximum absolute atomic E-state index is 12.3. The lowest BCUT2D eigenvalue weighted by Gasteiger charge is -2.48. The Morgan fingerprint density at radius 3 is 3.00 bits per heavy atom. The standard InChI is InChI=1S/C19H27N3O4/c1-26-12-4-11-21-13-19(8-6-16(21)23)7-3-10-22(14-19)17-15(18(24)25)5-2-9-20-17/h2,5,9H,3-4,6-8,10-14H2,1H3,(H,24,25)/t19-/m0/s1. The van der Waals surface area contributed by atoms with Crippen LogP contribution in [0.5, 0.6) is 0 Å². The number of methoxy groups -OCH3 is 1.